The Bertz CT molecular complexity index is 569. The molecule has 17 heavy (non-hydrogen) atoms. The van der Waals surface area contributed by atoms with Gasteiger partial charge in [0.1, 0.15) is 0 Å². The number of carbonyl (C=O) groups is 1. The SMILES string of the molecule is O=Cc1ccn(C2(c3cccc(Cl)c3)CC2)c1. The maximum atomic E-state index is 10.7. The van der Waals surface area contributed by atoms with Crippen molar-refractivity contribution in [3.63, 3.8) is 0 Å². The first-order valence-electron chi connectivity index (χ1n) is 5.64. The van der Waals surface area contributed by atoms with Gasteiger partial charge < -0.3 is 4.57 Å². The molecule has 0 saturated heterocycles. The minimum atomic E-state index is 0.0200. The minimum absolute atomic E-state index is 0.0200. The van der Waals surface area contributed by atoms with E-state index in [-0.39, 0.29) is 5.54 Å². The van der Waals surface area contributed by atoms with Crippen molar-refractivity contribution in [3.05, 3.63) is 58.9 Å². The first-order valence-corrected chi connectivity index (χ1v) is 6.02. The van der Waals surface area contributed by atoms with E-state index in [1.54, 1.807) is 0 Å². The Morgan fingerprint density at radius 2 is 2.12 bits per heavy atom. The van der Waals surface area contributed by atoms with Crippen LogP contribution >= 0.6 is 11.6 Å². The number of hydrogen-bond acceptors (Lipinski definition) is 1. The Morgan fingerprint density at radius 1 is 1.29 bits per heavy atom. The van der Waals surface area contributed by atoms with Crippen molar-refractivity contribution < 1.29 is 4.79 Å². The van der Waals surface area contributed by atoms with Crippen LogP contribution in [0.1, 0.15) is 28.8 Å². The maximum Gasteiger partial charge on any atom is 0.151 e. The lowest BCUT2D eigenvalue weighted by Gasteiger charge is -2.18. The highest BCUT2D eigenvalue weighted by Gasteiger charge is 2.45. The van der Waals surface area contributed by atoms with Crippen LogP contribution < -0.4 is 0 Å². The first kappa shape index (κ1) is 10.6. The average Bonchev–Trinajstić information content (AvgIpc) is 3.01. The van der Waals surface area contributed by atoms with Crippen LogP contribution in [-0.2, 0) is 5.54 Å². The molecular weight excluding hydrogens is 234 g/mol. The molecule has 0 spiro atoms. The van der Waals surface area contributed by atoms with Crippen LogP contribution in [0.25, 0.3) is 0 Å². The molecule has 0 N–H and O–H groups in total. The molecule has 0 unspecified atom stereocenters. The standard InChI is InChI=1S/C14H12ClNO/c15-13-3-1-2-12(8-13)14(5-6-14)16-7-4-11(9-16)10-17/h1-4,7-10H,5-6H2. The zero-order chi connectivity index (χ0) is 11.9. The van der Waals surface area contributed by atoms with Crippen LogP contribution in [-0.4, -0.2) is 10.9 Å². The zero-order valence-electron chi connectivity index (χ0n) is 9.27. The summed E-state index contributed by atoms with van der Waals surface area (Å²) in [6.07, 6.45) is 6.95. The normalized spacial score (nSPS) is 16.8. The van der Waals surface area contributed by atoms with Crippen LogP contribution in [0.3, 0.4) is 0 Å². The van der Waals surface area contributed by atoms with E-state index in [0.717, 1.165) is 29.7 Å². The number of aldehydes is 1. The summed E-state index contributed by atoms with van der Waals surface area (Å²) in [4.78, 5) is 10.7. The second kappa shape index (κ2) is 3.74. The first-order chi connectivity index (χ1) is 8.24. The van der Waals surface area contributed by atoms with Crippen molar-refractivity contribution in [2.75, 3.05) is 0 Å². The molecule has 0 aliphatic heterocycles. The highest BCUT2D eigenvalue weighted by molar-refractivity contribution is 6.30. The fraction of sp³-hybridized carbons (Fsp3) is 0.214. The third kappa shape index (κ3) is 1.69. The van der Waals surface area contributed by atoms with Gasteiger partial charge in [0, 0.05) is 23.0 Å². The number of benzene rings is 1. The maximum absolute atomic E-state index is 10.7. The van der Waals surface area contributed by atoms with Gasteiger partial charge in [0.05, 0.1) is 5.54 Å². The van der Waals surface area contributed by atoms with E-state index in [2.05, 4.69) is 10.6 Å². The zero-order valence-corrected chi connectivity index (χ0v) is 10.0. The Morgan fingerprint density at radius 3 is 2.71 bits per heavy atom. The monoisotopic (exact) mass is 245 g/mol. The molecule has 2 aromatic rings. The predicted octanol–water partition coefficient (Wildman–Crippen LogP) is 3.49. The van der Waals surface area contributed by atoms with Crippen LogP contribution in [0.15, 0.2) is 42.7 Å². The summed E-state index contributed by atoms with van der Waals surface area (Å²) in [7, 11) is 0. The number of carbonyl (C=O) groups excluding carboxylic acids is 1. The van der Waals surface area contributed by atoms with Crippen LogP contribution in [0.2, 0.25) is 5.02 Å². The van der Waals surface area contributed by atoms with Gasteiger partial charge in [0.25, 0.3) is 0 Å². The molecule has 1 aromatic heterocycles. The molecule has 1 saturated carbocycles. The van der Waals surface area contributed by atoms with Crippen molar-refractivity contribution in [1.29, 1.82) is 0 Å². The van der Waals surface area contributed by atoms with Gasteiger partial charge >= 0.3 is 0 Å². The number of hydrogen-bond donors (Lipinski definition) is 0. The molecule has 2 nitrogen and oxygen atoms in total. The van der Waals surface area contributed by atoms with Gasteiger partial charge in [-0.25, -0.2) is 0 Å². The highest BCUT2D eigenvalue weighted by Crippen LogP contribution is 2.49. The van der Waals surface area contributed by atoms with Gasteiger partial charge in [-0.05, 0) is 36.6 Å². The lowest BCUT2D eigenvalue weighted by Crippen LogP contribution is -2.16. The highest BCUT2D eigenvalue weighted by atomic mass is 35.5. The molecule has 1 aromatic carbocycles. The summed E-state index contributed by atoms with van der Waals surface area (Å²) >= 11 is 6.03. The number of rotatable bonds is 3. The summed E-state index contributed by atoms with van der Waals surface area (Å²) < 4.78 is 2.13. The Kier molecular flexibility index (Phi) is 2.33. The molecule has 0 bridgehead atoms. The van der Waals surface area contributed by atoms with Gasteiger partial charge in [0.15, 0.2) is 6.29 Å². The summed E-state index contributed by atoms with van der Waals surface area (Å²) in [6, 6.07) is 9.81. The van der Waals surface area contributed by atoms with E-state index < -0.39 is 0 Å². The molecule has 1 heterocycles. The lowest BCUT2D eigenvalue weighted by molar-refractivity contribution is 0.112. The summed E-state index contributed by atoms with van der Waals surface area (Å²) in [5.74, 6) is 0. The Labute approximate surface area is 105 Å². The average molecular weight is 246 g/mol. The number of halogens is 1. The fourth-order valence-corrected chi connectivity index (χ4v) is 2.53. The van der Waals surface area contributed by atoms with Gasteiger partial charge in [-0.1, -0.05) is 23.7 Å². The van der Waals surface area contributed by atoms with E-state index in [1.165, 1.54) is 5.56 Å². The van der Waals surface area contributed by atoms with E-state index in [1.807, 2.05) is 36.7 Å². The predicted molar refractivity (Wildman–Crippen MR) is 67.6 cm³/mol. The van der Waals surface area contributed by atoms with Crippen molar-refractivity contribution in [3.8, 4) is 0 Å². The Balaban J connectivity index is 2.04. The molecule has 86 valence electrons. The van der Waals surface area contributed by atoms with E-state index in [4.69, 9.17) is 11.6 Å². The quantitative estimate of drug-likeness (QED) is 0.759. The minimum Gasteiger partial charge on any atom is -0.343 e. The Hall–Kier alpha value is -1.54. The molecule has 3 heteroatoms. The van der Waals surface area contributed by atoms with Crippen LogP contribution in [0.5, 0.6) is 0 Å². The van der Waals surface area contributed by atoms with Gasteiger partial charge in [-0.3, -0.25) is 4.79 Å². The molecule has 0 atom stereocenters. The van der Waals surface area contributed by atoms with Crippen LogP contribution in [0, 0.1) is 0 Å². The van der Waals surface area contributed by atoms with Crippen molar-refractivity contribution in [2.24, 2.45) is 0 Å². The second-order valence-corrected chi connectivity index (χ2v) is 4.95. The number of nitrogens with zero attached hydrogens (tertiary/aromatic N) is 1. The molecule has 3 rings (SSSR count). The summed E-state index contributed by atoms with van der Waals surface area (Å²) in [5.41, 5.74) is 1.96. The molecular formula is C14H12ClNO. The fourth-order valence-electron chi connectivity index (χ4n) is 2.34. The summed E-state index contributed by atoms with van der Waals surface area (Å²) in [5, 5.41) is 0.761. The van der Waals surface area contributed by atoms with Gasteiger partial charge in [-0.2, -0.15) is 0 Å². The van der Waals surface area contributed by atoms with Gasteiger partial charge in [-0.15, -0.1) is 0 Å². The molecule has 0 amide bonds. The topological polar surface area (TPSA) is 22.0 Å². The van der Waals surface area contributed by atoms with Gasteiger partial charge in [0.2, 0.25) is 0 Å². The van der Waals surface area contributed by atoms with E-state index in [9.17, 15) is 4.79 Å². The van der Waals surface area contributed by atoms with Crippen LogP contribution in [0.4, 0.5) is 0 Å². The van der Waals surface area contributed by atoms with Crippen molar-refractivity contribution >= 4 is 17.9 Å². The molecule has 1 aliphatic carbocycles. The lowest BCUT2D eigenvalue weighted by atomic mass is 10.1. The third-order valence-corrected chi connectivity index (χ3v) is 3.67. The third-order valence-electron chi connectivity index (χ3n) is 3.43. The summed E-state index contributed by atoms with van der Waals surface area (Å²) in [6.45, 7) is 0. The van der Waals surface area contributed by atoms with Crippen molar-refractivity contribution in [2.45, 2.75) is 18.4 Å². The smallest absolute Gasteiger partial charge is 0.151 e. The second-order valence-electron chi connectivity index (χ2n) is 4.51. The number of aromatic nitrogens is 1. The molecule has 1 fully saturated rings. The van der Waals surface area contributed by atoms with E-state index >= 15 is 0 Å². The molecule has 1 aliphatic rings. The largest absolute Gasteiger partial charge is 0.343 e. The molecule has 0 radical (unpaired) electrons. The van der Waals surface area contributed by atoms with Crippen molar-refractivity contribution in [1.82, 2.24) is 4.57 Å². The van der Waals surface area contributed by atoms with E-state index in [0.29, 0.717) is 0 Å².